The largest absolute Gasteiger partial charge is 0.354 e. The van der Waals surface area contributed by atoms with Gasteiger partial charge in [0.25, 0.3) is 5.91 Å². The van der Waals surface area contributed by atoms with Gasteiger partial charge in [-0.2, -0.15) is 0 Å². The van der Waals surface area contributed by atoms with Gasteiger partial charge in [-0.25, -0.2) is 0 Å². The lowest BCUT2D eigenvalue weighted by atomic mass is 10.2. The van der Waals surface area contributed by atoms with E-state index in [1.165, 1.54) is 26.4 Å². The second-order valence-electron chi connectivity index (χ2n) is 6.06. The Labute approximate surface area is 179 Å². The van der Waals surface area contributed by atoms with Crippen LogP contribution in [0.2, 0.25) is 0 Å². The van der Waals surface area contributed by atoms with Crippen molar-refractivity contribution in [1.29, 1.82) is 0 Å². The average molecular weight is 422 g/mol. The van der Waals surface area contributed by atoms with E-state index in [1.54, 1.807) is 54.9 Å². The minimum atomic E-state index is -0.618. The molecule has 2 rings (SSSR count). The number of aromatic nitrogens is 1. The molecule has 0 aliphatic carbocycles. The van der Waals surface area contributed by atoms with E-state index in [9.17, 15) is 9.59 Å². The van der Waals surface area contributed by atoms with E-state index in [2.05, 4.69) is 25.6 Å². The quantitative estimate of drug-likeness (QED) is 0.199. The average Bonchev–Trinajstić information content (AvgIpc) is 2.79. The number of nitrogens with one attached hydrogen (secondary N) is 2. The molecule has 0 fully saturated rings. The van der Waals surface area contributed by atoms with Crippen LogP contribution in [0.4, 0.5) is 5.69 Å². The SMILES string of the molecule is COC(CNC(=O)/C(=C\c1cccnc1)NC(=O)C=Cc1ccc(N=[N+]=[N-])cc1)OC. The summed E-state index contributed by atoms with van der Waals surface area (Å²) in [5.41, 5.74) is 10.3. The number of carbonyl (C=O) groups is 2. The normalized spacial score (nSPS) is 11.3. The second-order valence-corrected chi connectivity index (χ2v) is 6.06. The Morgan fingerprint density at radius 1 is 1.19 bits per heavy atom. The first-order valence-electron chi connectivity index (χ1n) is 9.15. The predicted molar refractivity (Wildman–Crippen MR) is 115 cm³/mol. The van der Waals surface area contributed by atoms with Crippen molar-refractivity contribution in [2.24, 2.45) is 5.11 Å². The lowest BCUT2D eigenvalue weighted by Crippen LogP contribution is -2.39. The molecule has 2 N–H and O–H groups in total. The van der Waals surface area contributed by atoms with E-state index in [-0.39, 0.29) is 12.2 Å². The Balaban J connectivity index is 2.12. The molecule has 1 aromatic carbocycles. The zero-order valence-electron chi connectivity index (χ0n) is 17.1. The molecule has 10 heteroatoms. The molecule has 0 aliphatic rings. The van der Waals surface area contributed by atoms with Gasteiger partial charge >= 0.3 is 0 Å². The number of rotatable bonds is 10. The van der Waals surface area contributed by atoms with Gasteiger partial charge in [-0.05, 0) is 34.9 Å². The Morgan fingerprint density at radius 3 is 2.55 bits per heavy atom. The van der Waals surface area contributed by atoms with E-state index < -0.39 is 18.1 Å². The molecule has 0 saturated carbocycles. The van der Waals surface area contributed by atoms with Crippen LogP contribution in [0, 0.1) is 0 Å². The highest BCUT2D eigenvalue weighted by Crippen LogP contribution is 2.14. The number of methoxy groups -OCH3 is 2. The molecular formula is C21H22N6O4. The lowest BCUT2D eigenvalue weighted by Gasteiger charge is -2.15. The highest BCUT2D eigenvalue weighted by Gasteiger charge is 2.14. The number of nitrogens with zero attached hydrogens (tertiary/aromatic N) is 4. The summed E-state index contributed by atoms with van der Waals surface area (Å²) in [6.07, 6.45) is 6.92. The highest BCUT2D eigenvalue weighted by atomic mass is 16.7. The summed E-state index contributed by atoms with van der Waals surface area (Å²) in [5, 5.41) is 8.71. The molecular weight excluding hydrogens is 400 g/mol. The third-order valence-electron chi connectivity index (χ3n) is 3.93. The molecule has 1 aromatic heterocycles. The first kappa shape index (κ1) is 23.3. The zero-order valence-corrected chi connectivity index (χ0v) is 17.1. The zero-order chi connectivity index (χ0) is 22.5. The minimum absolute atomic E-state index is 0.0345. The summed E-state index contributed by atoms with van der Waals surface area (Å²) >= 11 is 0. The molecule has 0 saturated heterocycles. The number of ether oxygens (including phenoxy) is 2. The molecule has 31 heavy (non-hydrogen) atoms. The Morgan fingerprint density at radius 2 is 1.94 bits per heavy atom. The van der Waals surface area contributed by atoms with Crippen molar-refractivity contribution in [3.63, 3.8) is 0 Å². The number of benzene rings is 1. The Bertz CT molecular complexity index is 979. The van der Waals surface area contributed by atoms with Gasteiger partial charge in [-0.1, -0.05) is 35.4 Å². The van der Waals surface area contributed by atoms with Crippen LogP contribution in [0.5, 0.6) is 0 Å². The van der Waals surface area contributed by atoms with Gasteiger partial charge in [-0.3, -0.25) is 14.6 Å². The number of azide groups is 1. The summed E-state index contributed by atoms with van der Waals surface area (Å²) in [6.45, 7) is 0.0967. The van der Waals surface area contributed by atoms with E-state index in [0.717, 1.165) is 5.56 Å². The fraction of sp³-hybridized carbons (Fsp3) is 0.190. The molecule has 0 spiro atoms. The van der Waals surface area contributed by atoms with Crippen LogP contribution in [0.1, 0.15) is 11.1 Å². The van der Waals surface area contributed by atoms with E-state index in [4.69, 9.17) is 15.0 Å². The molecule has 0 bridgehead atoms. The van der Waals surface area contributed by atoms with Crippen molar-refractivity contribution < 1.29 is 19.1 Å². The molecule has 10 nitrogen and oxygen atoms in total. The fourth-order valence-corrected chi connectivity index (χ4v) is 2.37. The minimum Gasteiger partial charge on any atom is -0.354 e. The van der Waals surface area contributed by atoms with Gasteiger partial charge in [0.2, 0.25) is 5.91 Å². The van der Waals surface area contributed by atoms with Crippen LogP contribution in [0.25, 0.3) is 22.6 Å². The maximum Gasteiger partial charge on any atom is 0.267 e. The number of hydrogen-bond donors (Lipinski definition) is 2. The standard InChI is InChI=1S/C21H22N6O4/c1-30-20(31-2)14-24-21(29)18(12-16-4-3-11-23-13-16)25-19(28)10-7-15-5-8-17(9-6-15)26-27-22/h3-13,20H,14H2,1-2H3,(H,24,29)(H,25,28)/b10-7?,18-12+. The Hall–Kier alpha value is -3.98. The van der Waals surface area contributed by atoms with Crippen LogP contribution >= 0.6 is 0 Å². The van der Waals surface area contributed by atoms with E-state index in [0.29, 0.717) is 11.3 Å². The van der Waals surface area contributed by atoms with Crippen LogP contribution in [0.3, 0.4) is 0 Å². The van der Waals surface area contributed by atoms with Gasteiger partial charge in [-0.15, -0.1) is 0 Å². The first-order chi connectivity index (χ1) is 15.0. The summed E-state index contributed by atoms with van der Waals surface area (Å²) in [7, 11) is 2.91. The number of amides is 2. The van der Waals surface area contributed by atoms with Gasteiger partial charge < -0.3 is 20.1 Å². The summed E-state index contributed by atoms with van der Waals surface area (Å²) in [5.74, 6) is -1.01. The molecule has 1 heterocycles. The molecule has 0 radical (unpaired) electrons. The van der Waals surface area contributed by atoms with Crippen molar-refractivity contribution in [2.45, 2.75) is 6.29 Å². The Kier molecular flexibility index (Phi) is 9.44. The van der Waals surface area contributed by atoms with Crippen molar-refractivity contribution >= 4 is 29.7 Å². The topological polar surface area (TPSA) is 138 Å². The van der Waals surface area contributed by atoms with Crippen molar-refractivity contribution in [1.82, 2.24) is 15.6 Å². The monoisotopic (exact) mass is 422 g/mol. The second kappa shape index (κ2) is 12.6. The summed E-state index contributed by atoms with van der Waals surface area (Å²) in [4.78, 5) is 31.7. The molecule has 2 aromatic rings. The number of carbonyl (C=O) groups excluding carboxylic acids is 2. The van der Waals surface area contributed by atoms with Gasteiger partial charge in [0.15, 0.2) is 6.29 Å². The predicted octanol–water partition coefficient (Wildman–Crippen LogP) is 2.93. The van der Waals surface area contributed by atoms with Gasteiger partial charge in [0.05, 0.1) is 6.54 Å². The summed E-state index contributed by atoms with van der Waals surface area (Å²) in [6, 6.07) is 10.1. The smallest absolute Gasteiger partial charge is 0.267 e. The highest BCUT2D eigenvalue weighted by molar-refractivity contribution is 6.04. The molecule has 0 atom stereocenters. The molecule has 2 amide bonds. The van der Waals surface area contributed by atoms with E-state index in [1.807, 2.05) is 0 Å². The molecule has 0 unspecified atom stereocenters. The first-order valence-corrected chi connectivity index (χ1v) is 9.15. The molecule has 0 aliphatic heterocycles. The lowest BCUT2D eigenvalue weighted by molar-refractivity contribution is -0.125. The van der Waals surface area contributed by atoms with Crippen molar-refractivity contribution in [2.75, 3.05) is 20.8 Å². The third kappa shape index (κ3) is 8.11. The number of hydrogen-bond acceptors (Lipinski definition) is 6. The summed E-state index contributed by atoms with van der Waals surface area (Å²) < 4.78 is 10.1. The van der Waals surface area contributed by atoms with Crippen LogP contribution in [0.15, 0.2) is 65.7 Å². The third-order valence-corrected chi connectivity index (χ3v) is 3.93. The maximum atomic E-state index is 12.6. The van der Waals surface area contributed by atoms with Crippen LogP contribution < -0.4 is 10.6 Å². The fourth-order valence-electron chi connectivity index (χ4n) is 2.37. The number of pyridine rings is 1. The van der Waals surface area contributed by atoms with Crippen LogP contribution in [-0.2, 0) is 19.1 Å². The van der Waals surface area contributed by atoms with Gasteiger partial charge in [0.1, 0.15) is 5.70 Å². The van der Waals surface area contributed by atoms with Crippen molar-refractivity contribution in [3.05, 3.63) is 82.1 Å². The van der Waals surface area contributed by atoms with Gasteiger partial charge in [0, 0.05) is 43.3 Å². The van der Waals surface area contributed by atoms with Crippen molar-refractivity contribution in [3.8, 4) is 0 Å². The van der Waals surface area contributed by atoms with Crippen LogP contribution in [-0.4, -0.2) is 43.9 Å². The maximum absolute atomic E-state index is 12.6. The van der Waals surface area contributed by atoms with E-state index >= 15 is 0 Å². The molecule has 160 valence electrons.